The van der Waals surface area contributed by atoms with Crippen LogP contribution in [-0.4, -0.2) is 10.9 Å². The summed E-state index contributed by atoms with van der Waals surface area (Å²) in [4.78, 5) is 16.5. The summed E-state index contributed by atoms with van der Waals surface area (Å²) in [5.74, 6) is 0.317. The Kier molecular flexibility index (Phi) is 4.73. The summed E-state index contributed by atoms with van der Waals surface area (Å²) in [7, 11) is 0. The maximum absolute atomic E-state index is 12.0. The molecule has 4 aromatic rings. The molecule has 4 nitrogen and oxygen atoms in total. The van der Waals surface area contributed by atoms with E-state index in [0.717, 1.165) is 11.1 Å². The summed E-state index contributed by atoms with van der Waals surface area (Å²) in [5.41, 5.74) is 3.87. The molecule has 0 aliphatic rings. The molecule has 132 valence electrons. The molecule has 3 aromatic carbocycles. The molecule has 1 N–H and O–H groups in total. The molecule has 4 rings (SSSR count). The van der Waals surface area contributed by atoms with E-state index >= 15 is 0 Å². The van der Waals surface area contributed by atoms with Gasteiger partial charge in [-0.1, -0.05) is 41.9 Å². The SMILES string of the molecule is O=C(/C=C\c1ccccc1)Nc1ccc(-c2nc3cc(Cl)ccc3o2)cc1. The molecular weight excluding hydrogens is 360 g/mol. The first-order valence-electron chi connectivity index (χ1n) is 8.38. The van der Waals surface area contributed by atoms with Gasteiger partial charge in [-0.15, -0.1) is 0 Å². The number of amides is 1. The summed E-state index contributed by atoms with van der Waals surface area (Å²) in [5, 5.41) is 3.45. The lowest BCUT2D eigenvalue weighted by Crippen LogP contribution is -2.07. The highest BCUT2D eigenvalue weighted by molar-refractivity contribution is 6.31. The molecule has 0 saturated heterocycles. The van der Waals surface area contributed by atoms with E-state index in [4.69, 9.17) is 16.0 Å². The second-order valence-corrected chi connectivity index (χ2v) is 6.38. The van der Waals surface area contributed by atoms with Crippen LogP contribution in [0.15, 0.2) is 83.3 Å². The van der Waals surface area contributed by atoms with Crippen molar-refractivity contribution in [1.29, 1.82) is 0 Å². The molecule has 0 radical (unpaired) electrons. The zero-order chi connectivity index (χ0) is 18.6. The van der Waals surface area contributed by atoms with Crippen molar-refractivity contribution in [3.63, 3.8) is 0 Å². The maximum atomic E-state index is 12.0. The molecule has 0 fully saturated rings. The van der Waals surface area contributed by atoms with E-state index in [0.29, 0.717) is 27.7 Å². The van der Waals surface area contributed by atoms with Gasteiger partial charge in [0.05, 0.1) is 0 Å². The fourth-order valence-corrected chi connectivity index (χ4v) is 2.81. The van der Waals surface area contributed by atoms with Crippen LogP contribution in [0.1, 0.15) is 5.56 Å². The van der Waals surface area contributed by atoms with Crippen molar-refractivity contribution in [2.24, 2.45) is 0 Å². The van der Waals surface area contributed by atoms with Crippen molar-refractivity contribution in [2.45, 2.75) is 0 Å². The Morgan fingerprint density at radius 3 is 2.56 bits per heavy atom. The Bertz CT molecular complexity index is 1120. The van der Waals surface area contributed by atoms with Crippen molar-refractivity contribution in [2.75, 3.05) is 5.32 Å². The van der Waals surface area contributed by atoms with Gasteiger partial charge in [0.25, 0.3) is 0 Å². The first kappa shape index (κ1) is 17.1. The number of oxazole rings is 1. The lowest BCUT2D eigenvalue weighted by Gasteiger charge is -2.03. The van der Waals surface area contributed by atoms with Crippen LogP contribution in [0.4, 0.5) is 5.69 Å². The molecule has 0 unspecified atom stereocenters. The molecule has 0 aliphatic heterocycles. The Morgan fingerprint density at radius 2 is 1.78 bits per heavy atom. The summed E-state index contributed by atoms with van der Waals surface area (Å²) < 4.78 is 5.75. The third kappa shape index (κ3) is 4.07. The molecule has 27 heavy (non-hydrogen) atoms. The van der Waals surface area contributed by atoms with Crippen LogP contribution in [-0.2, 0) is 4.79 Å². The molecule has 1 aromatic heterocycles. The second-order valence-electron chi connectivity index (χ2n) is 5.94. The third-order valence-electron chi connectivity index (χ3n) is 3.98. The number of hydrogen-bond acceptors (Lipinski definition) is 3. The van der Waals surface area contributed by atoms with Gasteiger partial charge in [-0.05, 0) is 54.1 Å². The summed E-state index contributed by atoms with van der Waals surface area (Å²) >= 11 is 5.98. The normalized spacial score (nSPS) is 11.1. The third-order valence-corrected chi connectivity index (χ3v) is 4.21. The van der Waals surface area contributed by atoms with E-state index in [2.05, 4.69) is 10.3 Å². The van der Waals surface area contributed by atoms with E-state index in [1.807, 2.05) is 54.6 Å². The monoisotopic (exact) mass is 374 g/mol. The van der Waals surface area contributed by atoms with Crippen molar-refractivity contribution < 1.29 is 9.21 Å². The van der Waals surface area contributed by atoms with E-state index in [1.54, 1.807) is 24.3 Å². The number of nitrogens with one attached hydrogen (secondary N) is 1. The van der Waals surface area contributed by atoms with Crippen LogP contribution in [0, 0.1) is 0 Å². The molecule has 0 atom stereocenters. The first-order valence-corrected chi connectivity index (χ1v) is 8.76. The average molecular weight is 375 g/mol. The largest absolute Gasteiger partial charge is 0.436 e. The maximum Gasteiger partial charge on any atom is 0.248 e. The molecule has 0 bridgehead atoms. The molecular formula is C22H15ClN2O2. The number of fused-ring (bicyclic) bond motifs is 1. The highest BCUT2D eigenvalue weighted by Crippen LogP contribution is 2.27. The highest BCUT2D eigenvalue weighted by Gasteiger charge is 2.09. The molecule has 1 amide bonds. The molecule has 0 spiro atoms. The van der Waals surface area contributed by atoms with Gasteiger partial charge in [-0.3, -0.25) is 4.79 Å². The number of hydrogen-bond donors (Lipinski definition) is 1. The van der Waals surface area contributed by atoms with Gasteiger partial charge < -0.3 is 9.73 Å². The lowest BCUT2D eigenvalue weighted by atomic mass is 10.2. The topological polar surface area (TPSA) is 55.1 Å². The molecule has 5 heteroatoms. The number of benzene rings is 3. The summed E-state index contributed by atoms with van der Waals surface area (Å²) in [6.07, 6.45) is 3.28. The summed E-state index contributed by atoms with van der Waals surface area (Å²) in [6.45, 7) is 0. The quantitative estimate of drug-likeness (QED) is 0.459. The van der Waals surface area contributed by atoms with E-state index in [1.165, 1.54) is 6.08 Å². The molecule has 0 aliphatic carbocycles. The van der Waals surface area contributed by atoms with Gasteiger partial charge in [-0.25, -0.2) is 4.98 Å². The van der Waals surface area contributed by atoms with E-state index < -0.39 is 0 Å². The number of nitrogens with zero attached hydrogens (tertiary/aromatic N) is 1. The Hall–Kier alpha value is -3.37. The van der Waals surface area contributed by atoms with Crippen LogP contribution >= 0.6 is 11.6 Å². The van der Waals surface area contributed by atoms with Crippen LogP contribution in [0.25, 0.3) is 28.6 Å². The Morgan fingerprint density at radius 1 is 1.00 bits per heavy atom. The fourth-order valence-electron chi connectivity index (χ4n) is 2.64. The van der Waals surface area contributed by atoms with Gasteiger partial charge in [0, 0.05) is 22.3 Å². The minimum atomic E-state index is -0.192. The molecule has 1 heterocycles. The predicted octanol–water partition coefficient (Wildman–Crippen LogP) is 5.80. The van der Waals surface area contributed by atoms with Gasteiger partial charge in [-0.2, -0.15) is 0 Å². The van der Waals surface area contributed by atoms with Gasteiger partial charge in [0.15, 0.2) is 5.58 Å². The Labute approximate surface area is 161 Å². The minimum absolute atomic E-state index is 0.192. The highest BCUT2D eigenvalue weighted by atomic mass is 35.5. The second kappa shape index (κ2) is 7.48. The van der Waals surface area contributed by atoms with Crippen molar-refractivity contribution in [3.8, 4) is 11.5 Å². The van der Waals surface area contributed by atoms with Crippen LogP contribution in [0.3, 0.4) is 0 Å². The molecule has 0 saturated carbocycles. The van der Waals surface area contributed by atoms with E-state index in [-0.39, 0.29) is 5.91 Å². The first-order chi connectivity index (χ1) is 13.2. The number of aromatic nitrogens is 1. The average Bonchev–Trinajstić information content (AvgIpc) is 3.11. The number of halogens is 1. The van der Waals surface area contributed by atoms with Crippen LogP contribution < -0.4 is 5.32 Å². The van der Waals surface area contributed by atoms with Gasteiger partial charge >= 0.3 is 0 Å². The Balaban J connectivity index is 1.46. The van der Waals surface area contributed by atoms with Gasteiger partial charge in [0.2, 0.25) is 11.8 Å². The van der Waals surface area contributed by atoms with Gasteiger partial charge in [0.1, 0.15) is 5.52 Å². The summed E-state index contributed by atoms with van der Waals surface area (Å²) in [6, 6.07) is 22.3. The zero-order valence-electron chi connectivity index (χ0n) is 14.2. The number of rotatable bonds is 4. The zero-order valence-corrected chi connectivity index (χ0v) is 15.0. The predicted molar refractivity (Wildman–Crippen MR) is 109 cm³/mol. The van der Waals surface area contributed by atoms with Crippen molar-refractivity contribution >= 4 is 40.4 Å². The van der Waals surface area contributed by atoms with E-state index in [9.17, 15) is 4.79 Å². The standard InChI is InChI=1S/C22H15ClN2O2/c23-17-9-12-20-19(14-17)25-22(27-20)16-7-10-18(11-8-16)24-21(26)13-6-15-4-2-1-3-5-15/h1-14H,(H,24,26)/b13-6-. The number of anilines is 1. The minimum Gasteiger partial charge on any atom is -0.436 e. The fraction of sp³-hybridized carbons (Fsp3) is 0. The smallest absolute Gasteiger partial charge is 0.248 e. The number of carbonyl (C=O) groups excluding carboxylic acids is 1. The lowest BCUT2D eigenvalue weighted by molar-refractivity contribution is -0.111. The number of carbonyl (C=O) groups is 1. The van der Waals surface area contributed by atoms with Crippen molar-refractivity contribution in [3.05, 3.63) is 89.5 Å². The van der Waals surface area contributed by atoms with Crippen LogP contribution in [0.2, 0.25) is 5.02 Å². The van der Waals surface area contributed by atoms with Crippen LogP contribution in [0.5, 0.6) is 0 Å². The van der Waals surface area contributed by atoms with Crippen molar-refractivity contribution in [1.82, 2.24) is 4.98 Å².